The van der Waals surface area contributed by atoms with Crippen LogP contribution in [0.2, 0.25) is 0 Å². The van der Waals surface area contributed by atoms with Gasteiger partial charge in [-0.05, 0) is 29.5 Å². The molecule has 0 radical (unpaired) electrons. The van der Waals surface area contributed by atoms with Crippen LogP contribution in [0.5, 0.6) is 0 Å². The molecule has 0 unspecified atom stereocenters. The minimum absolute atomic E-state index is 0.0559. The molecule has 1 aliphatic heterocycles. The van der Waals surface area contributed by atoms with Crippen LogP contribution >= 0.6 is 0 Å². The number of Topliss-reactive ketones (excluding diaryl/α,β-unsaturated/α-hetero) is 1. The van der Waals surface area contributed by atoms with Crippen LogP contribution in [0.1, 0.15) is 38.2 Å². The second-order valence-electron chi connectivity index (χ2n) is 8.46. The Labute approximate surface area is 173 Å². The van der Waals surface area contributed by atoms with E-state index in [-0.39, 0.29) is 29.3 Å². The van der Waals surface area contributed by atoms with E-state index in [9.17, 15) is 18.8 Å². The van der Waals surface area contributed by atoms with E-state index >= 15 is 0 Å². The summed E-state index contributed by atoms with van der Waals surface area (Å²) in [6.07, 6.45) is 0.673. The van der Waals surface area contributed by atoms with Gasteiger partial charge in [0.2, 0.25) is 0 Å². The van der Waals surface area contributed by atoms with Gasteiger partial charge >= 0.3 is 0 Å². The van der Waals surface area contributed by atoms with Crippen molar-refractivity contribution in [1.29, 1.82) is 5.26 Å². The molecule has 2 aromatic rings. The topological polar surface area (TPSA) is 70.1 Å². The van der Waals surface area contributed by atoms with Gasteiger partial charge in [0.1, 0.15) is 23.1 Å². The number of ketones is 1. The lowest BCUT2D eigenvalue weighted by Gasteiger charge is -2.43. The van der Waals surface area contributed by atoms with Crippen LogP contribution in [0, 0.1) is 28.4 Å². The maximum Gasteiger partial charge on any atom is 0.162 e. The van der Waals surface area contributed by atoms with E-state index in [2.05, 4.69) is 6.07 Å². The molecule has 152 valence electrons. The van der Waals surface area contributed by atoms with Gasteiger partial charge < -0.3 is 5.73 Å². The van der Waals surface area contributed by atoms with Gasteiger partial charge in [0, 0.05) is 17.7 Å². The smallest absolute Gasteiger partial charge is 0.162 e. The summed E-state index contributed by atoms with van der Waals surface area (Å²) in [5.41, 5.74) is 7.28. The Hall–Kier alpha value is -3.46. The lowest BCUT2D eigenvalue weighted by atomic mass is 9.68. The average Bonchev–Trinajstić information content (AvgIpc) is 2.68. The fraction of sp³-hybridized carbons (Fsp3) is 0.250. The summed E-state index contributed by atoms with van der Waals surface area (Å²) in [5, 5.41) is 9.94. The van der Waals surface area contributed by atoms with Crippen molar-refractivity contribution in [2.75, 3.05) is 4.90 Å². The highest BCUT2D eigenvalue weighted by Gasteiger charge is 2.45. The van der Waals surface area contributed by atoms with E-state index in [0.29, 0.717) is 17.7 Å². The number of nitriles is 1. The molecule has 30 heavy (non-hydrogen) atoms. The fourth-order valence-corrected chi connectivity index (χ4v) is 4.45. The zero-order valence-electron chi connectivity index (χ0n) is 16.7. The van der Waals surface area contributed by atoms with Crippen molar-refractivity contribution in [2.45, 2.75) is 32.6 Å². The number of carbonyl (C=O) groups excluding carboxylic acids is 1. The van der Waals surface area contributed by atoms with Crippen LogP contribution in [-0.2, 0) is 4.79 Å². The quantitative estimate of drug-likeness (QED) is 0.771. The Kier molecular flexibility index (Phi) is 4.70. The van der Waals surface area contributed by atoms with Crippen molar-refractivity contribution in [3.8, 4) is 6.07 Å². The maximum atomic E-state index is 14.8. The first-order chi connectivity index (χ1) is 14.2. The number of nitrogens with zero attached hydrogens (tertiary/aromatic N) is 2. The Morgan fingerprint density at radius 3 is 2.30 bits per heavy atom. The highest BCUT2D eigenvalue weighted by molar-refractivity contribution is 6.01. The monoisotopic (exact) mass is 405 g/mol. The number of hydrogen-bond acceptors (Lipinski definition) is 4. The average molecular weight is 405 g/mol. The van der Waals surface area contributed by atoms with E-state index in [1.54, 1.807) is 0 Å². The Balaban J connectivity index is 2.05. The van der Waals surface area contributed by atoms with Gasteiger partial charge in [-0.1, -0.05) is 50.2 Å². The zero-order valence-corrected chi connectivity index (χ0v) is 16.7. The Morgan fingerprint density at radius 1 is 1.07 bits per heavy atom. The van der Waals surface area contributed by atoms with Gasteiger partial charge in [0.15, 0.2) is 5.78 Å². The molecule has 4 nitrogen and oxygen atoms in total. The molecule has 0 bridgehead atoms. The maximum absolute atomic E-state index is 14.8. The molecule has 0 spiro atoms. The summed E-state index contributed by atoms with van der Waals surface area (Å²) in [7, 11) is 0. The number of carbonyl (C=O) groups is 1. The summed E-state index contributed by atoms with van der Waals surface area (Å²) in [5.74, 6) is -2.48. The van der Waals surface area contributed by atoms with Gasteiger partial charge in [0.25, 0.3) is 0 Å². The number of benzene rings is 2. The highest BCUT2D eigenvalue weighted by atomic mass is 19.1. The first kappa shape index (κ1) is 19.8. The second-order valence-corrected chi connectivity index (χ2v) is 8.46. The third-order valence-electron chi connectivity index (χ3n) is 5.68. The second kappa shape index (κ2) is 7.10. The number of rotatable bonds is 2. The number of anilines is 1. The molecule has 0 saturated heterocycles. The van der Waals surface area contributed by atoms with E-state index in [1.165, 1.54) is 11.0 Å². The number of allylic oxidation sites excluding steroid dienone is 3. The molecule has 2 aliphatic rings. The summed E-state index contributed by atoms with van der Waals surface area (Å²) in [4.78, 5) is 14.5. The van der Waals surface area contributed by atoms with Gasteiger partial charge in [-0.15, -0.1) is 0 Å². The van der Waals surface area contributed by atoms with Crippen molar-refractivity contribution in [3.63, 3.8) is 0 Å². The first-order valence-corrected chi connectivity index (χ1v) is 9.70. The minimum Gasteiger partial charge on any atom is -0.384 e. The van der Waals surface area contributed by atoms with Crippen molar-refractivity contribution < 1.29 is 13.6 Å². The summed E-state index contributed by atoms with van der Waals surface area (Å²) < 4.78 is 29.5. The molecule has 1 aliphatic carbocycles. The van der Waals surface area contributed by atoms with E-state index in [1.807, 2.05) is 44.2 Å². The molecule has 0 saturated carbocycles. The fourth-order valence-electron chi connectivity index (χ4n) is 4.45. The van der Waals surface area contributed by atoms with Gasteiger partial charge in [-0.25, -0.2) is 8.78 Å². The van der Waals surface area contributed by atoms with Crippen molar-refractivity contribution in [2.24, 2.45) is 11.1 Å². The van der Waals surface area contributed by atoms with E-state index in [4.69, 9.17) is 5.73 Å². The van der Waals surface area contributed by atoms with Crippen LogP contribution in [0.3, 0.4) is 0 Å². The number of para-hydroxylation sites is 1. The lowest BCUT2D eigenvalue weighted by Crippen LogP contribution is -2.42. The lowest BCUT2D eigenvalue weighted by molar-refractivity contribution is -0.118. The summed E-state index contributed by atoms with van der Waals surface area (Å²) in [6.45, 7) is 3.86. The molecule has 4 rings (SSSR count). The predicted molar refractivity (Wildman–Crippen MR) is 110 cm³/mol. The molecule has 2 aromatic carbocycles. The number of halogens is 2. The molecule has 6 heteroatoms. The van der Waals surface area contributed by atoms with Crippen LogP contribution < -0.4 is 10.6 Å². The SMILES string of the molecule is CC1(C)CC(=O)C2=C(C1)N(c1c(F)cccc1F)C(N)=C(C#N)[C@H]2c1ccccc1. The number of hydrogen-bond donors (Lipinski definition) is 1. The third-order valence-corrected chi connectivity index (χ3v) is 5.68. The molecule has 0 amide bonds. The van der Waals surface area contributed by atoms with Gasteiger partial charge in [0.05, 0.1) is 17.6 Å². The first-order valence-electron chi connectivity index (χ1n) is 9.70. The van der Waals surface area contributed by atoms with Crippen LogP contribution in [0.4, 0.5) is 14.5 Å². The molecule has 0 fully saturated rings. The molecule has 2 N–H and O–H groups in total. The standard InChI is InChI=1S/C24H21F2N3O/c1-24(2)11-18-21(19(30)12-24)20(14-7-4-3-5-8-14)15(13-27)23(28)29(18)22-16(25)9-6-10-17(22)26/h3-10,20H,11-12,28H2,1-2H3/t20-/m1/s1. The predicted octanol–water partition coefficient (Wildman–Crippen LogP) is 4.91. The Morgan fingerprint density at radius 2 is 1.70 bits per heavy atom. The van der Waals surface area contributed by atoms with Crippen molar-refractivity contribution >= 4 is 11.5 Å². The Bertz CT molecular complexity index is 1120. The largest absolute Gasteiger partial charge is 0.384 e. The molecule has 1 heterocycles. The summed E-state index contributed by atoms with van der Waals surface area (Å²) >= 11 is 0. The molecular formula is C24H21F2N3O. The van der Waals surface area contributed by atoms with Crippen LogP contribution in [0.25, 0.3) is 0 Å². The highest BCUT2D eigenvalue weighted by Crippen LogP contribution is 2.50. The van der Waals surface area contributed by atoms with Gasteiger partial charge in [-0.3, -0.25) is 9.69 Å². The van der Waals surface area contributed by atoms with Gasteiger partial charge in [-0.2, -0.15) is 5.26 Å². The van der Waals surface area contributed by atoms with Crippen LogP contribution in [-0.4, -0.2) is 5.78 Å². The summed E-state index contributed by atoms with van der Waals surface area (Å²) in [6, 6.07) is 14.8. The van der Waals surface area contributed by atoms with Crippen molar-refractivity contribution in [3.05, 3.63) is 88.4 Å². The third kappa shape index (κ3) is 3.07. The molecule has 1 atom stereocenters. The molecule has 0 aromatic heterocycles. The number of nitrogens with two attached hydrogens (primary N) is 1. The molecular weight excluding hydrogens is 384 g/mol. The van der Waals surface area contributed by atoms with E-state index < -0.39 is 23.0 Å². The normalized spacial score (nSPS) is 20.8. The van der Waals surface area contributed by atoms with Crippen LogP contribution in [0.15, 0.2) is 71.2 Å². The van der Waals surface area contributed by atoms with E-state index in [0.717, 1.165) is 17.7 Å². The zero-order chi connectivity index (χ0) is 21.6. The minimum atomic E-state index is -0.809. The van der Waals surface area contributed by atoms with Crippen molar-refractivity contribution in [1.82, 2.24) is 0 Å².